The van der Waals surface area contributed by atoms with Gasteiger partial charge in [-0.15, -0.1) is 0 Å². The lowest BCUT2D eigenvalue weighted by Gasteiger charge is -2.16. The third-order valence-corrected chi connectivity index (χ3v) is 2.97. The maximum atomic E-state index is 8.89. The highest BCUT2D eigenvalue weighted by Gasteiger charge is 2.17. The molecular weight excluding hydrogens is 196 g/mol. The average molecular weight is 210 g/mol. The minimum atomic E-state index is 0.679. The summed E-state index contributed by atoms with van der Waals surface area (Å²) in [6, 6.07) is 8.48. The summed E-state index contributed by atoms with van der Waals surface area (Å²) in [5.41, 5.74) is 5.24. The molecule has 0 saturated carbocycles. The fourth-order valence-corrected chi connectivity index (χ4v) is 1.76. The van der Waals surface area contributed by atoms with E-state index < -0.39 is 0 Å². The summed E-state index contributed by atoms with van der Waals surface area (Å²) < 4.78 is 0. The second-order valence-electron chi connectivity index (χ2n) is 4.15. The Kier molecular flexibility index (Phi) is 2.54. The van der Waals surface area contributed by atoms with Gasteiger partial charge in [-0.25, -0.2) is 0 Å². The van der Waals surface area contributed by atoms with Crippen molar-refractivity contribution in [2.75, 3.05) is 11.4 Å². The van der Waals surface area contributed by atoms with Crippen molar-refractivity contribution < 1.29 is 0 Å². The van der Waals surface area contributed by atoms with Crippen LogP contribution in [0.1, 0.15) is 11.1 Å². The maximum Gasteiger partial charge on any atom is 0.101 e. The monoisotopic (exact) mass is 210 g/mol. The molecule has 2 rings (SSSR count). The maximum absolute atomic E-state index is 8.89. The fourth-order valence-electron chi connectivity index (χ4n) is 1.76. The van der Waals surface area contributed by atoms with Gasteiger partial charge in [0, 0.05) is 18.4 Å². The Morgan fingerprint density at radius 2 is 2.06 bits per heavy atom. The third-order valence-electron chi connectivity index (χ3n) is 2.97. The van der Waals surface area contributed by atoms with Crippen LogP contribution in [0.5, 0.6) is 0 Å². The molecule has 0 amide bonds. The Labute approximate surface area is 96.1 Å². The van der Waals surface area contributed by atoms with E-state index in [9.17, 15) is 0 Å². The number of hydrogen-bond acceptors (Lipinski definition) is 2. The SMILES string of the molecule is C=C1CN(c2ccc(C)c(C)c2)C=C1C#N. The highest BCUT2D eigenvalue weighted by Crippen LogP contribution is 2.26. The van der Waals surface area contributed by atoms with Crippen molar-refractivity contribution in [1.82, 2.24) is 0 Å². The van der Waals surface area contributed by atoms with Gasteiger partial charge in [0.25, 0.3) is 0 Å². The lowest BCUT2D eigenvalue weighted by molar-refractivity contribution is 1.10. The van der Waals surface area contributed by atoms with Crippen molar-refractivity contribution in [3.05, 3.63) is 53.3 Å². The second-order valence-corrected chi connectivity index (χ2v) is 4.15. The van der Waals surface area contributed by atoms with E-state index >= 15 is 0 Å². The molecule has 16 heavy (non-hydrogen) atoms. The van der Waals surface area contributed by atoms with Crippen LogP contribution in [0.2, 0.25) is 0 Å². The van der Waals surface area contributed by atoms with Gasteiger partial charge in [0.2, 0.25) is 0 Å². The molecule has 0 spiro atoms. The highest BCUT2D eigenvalue weighted by atomic mass is 15.1. The Hall–Kier alpha value is -2.01. The zero-order valence-electron chi connectivity index (χ0n) is 9.62. The number of anilines is 1. The third kappa shape index (κ3) is 1.72. The molecule has 0 atom stereocenters. The number of hydrogen-bond donors (Lipinski definition) is 0. The second kappa shape index (κ2) is 3.86. The van der Waals surface area contributed by atoms with Gasteiger partial charge < -0.3 is 4.90 Å². The van der Waals surface area contributed by atoms with E-state index in [1.807, 2.05) is 6.20 Å². The van der Waals surface area contributed by atoms with Crippen LogP contribution >= 0.6 is 0 Å². The van der Waals surface area contributed by atoms with Crippen molar-refractivity contribution in [3.8, 4) is 6.07 Å². The Morgan fingerprint density at radius 1 is 1.31 bits per heavy atom. The molecule has 2 nitrogen and oxygen atoms in total. The van der Waals surface area contributed by atoms with Crippen LogP contribution in [0.3, 0.4) is 0 Å². The lowest BCUT2D eigenvalue weighted by atomic mass is 10.1. The van der Waals surface area contributed by atoms with Gasteiger partial charge in [0.1, 0.15) is 6.07 Å². The summed E-state index contributed by atoms with van der Waals surface area (Å²) in [6.07, 6.45) is 1.87. The van der Waals surface area contributed by atoms with Gasteiger partial charge in [-0.05, 0) is 42.7 Å². The number of benzene rings is 1. The average Bonchev–Trinajstić information content (AvgIpc) is 2.64. The van der Waals surface area contributed by atoms with E-state index in [0.29, 0.717) is 12.1 Å². The van der Waals surface area contributed by atoms with E-state index in [-0.39, 0.29) is 0 Å². The molecule has 1 heterocycles. The largest absolute Gasteiger partial charge is 0.342 e. The molecule has 1 aromatic rings. The smallest absolute Gasteiger partial charge is 0.101 e. The topological polar surface area (TPSA) is 27.0 Å². The molecule has 0 aliphatic carbocycles. The first kappa shape index (κ1) is 10.5. The number of rotatable bonds is 1. The van der Waals surface area contributed by atoms with E-state index in [2.05, 4.69) is 49.6 Å². The van der Waals surface area contributed by atoms with Gasteiger partial charge in [-0.2, -0.15) is 5.26 Å². The summed E-state index contributed by atoms with van der Waals surface area (Å²) in [6.45, 7) is 8.80. The molecular formula is C14H14N2. The van der Waals surface area contributed by atoms with Crippen molar-refractivity contribution in [2.24, 2.45) is 0 Å². The van der Waals surface area contributed by atoms with Crippen LogP contribution in [0.25, 0.3) is 0 Å². The minimum absolute atomic E-state index is 0.679. The van der Waals surface area contributed by atoms with Crippen LogP contribution in [0.4, 0.5) is 5.69 Å². The molecule has 2 heteroatoms. The molecule has 80 valence electrons. The molecule has 0 bridgehead atoms. The molecule has 0 unspecified atom stereocenters. The van der Waals surface area contributed by atoms with Gasteiger partial charge in [0.05, 0.1) is 5.57 Å². The van der Waals surface area contributed by atoms with Gasteiger partial charge in [-0.3, -0.25) is 0 Å². The first-order valence-electron chi connectivity index (χ1n) is 5.26. The van der Waals surface area contributed by atoms with Crippen LogP contribution in [0, 0.1) is 25.2 Å². The van der Waals surface area contributed by atoms with Crippen LogP contribution in [0.15, 0.2) is 42.1 Å². The van der Waals surface area contributed by atoms with E-state index in [1.165, 1.54) is 11.1 Å². The van der Waals surface area contributed by atoms with Crippen molar-refractivity contribution >= 4 is 5.69 Å². The van der Waals surface area contributed by atoms with E-state index in [1.54, 1.807) is 0 Å². The summed E-state index contributed by atoms with van der Waals surface area (Å²) in [5, 5.41) is 8.89. The van der Waals surface area contributed by atoms with Gasteiger partial charge in [0.15, 0.2) is 0 Å². The molecule has 0 saturated heterocycles. The van der Waals surface area contributed by atoms with Crippen molar-refractivity contribution in [2.45, 2.75) is 13.8 Å². The van der Waals surface area contributed by atoms with Crippen molar-refractivity contribution in [3.63, 3.8) is 0 Å². The first-order chi connectivity index (χ1) is 7.61. The number of aryl methyl sites for hydroxylation is 2. The quantitative estimate of drug-likeness (QED) is 0.712. The van der Waals surface area contributed by atoms with Gasteiger partial charge >= 0.3 is 0 Å². The summed E-state index contributed by atoms with van der Waals surface area (Å²) in [5.74, 6) is 0. The Morgan fingerprint density at radius 3 is 2.62 bits per heavy atom. The van der Waals surface area contributed by atoms with Crippen molar-refractivity contribution in [1.29, 1.82) is 5.26 Å². The zero-order valence-corrected chi connectivity index (χ0v) is 9.62. The van der Waals surface area contributed by atoms with Crippen LogP contribution < -0.4 is 4.90 Å². The molecule has 0 fully saturated rings. The fraction of sp³-hybridized carbons (Fsp3) is 0.214. The highest BCUT2D eigenvalue weighted by molar-refractivity contribution is 5.61. The molecule has 0 aromatic heterocycles. The standard InChI is InChI=1S/C14H14N2/c1-10-4-5-14(6-11(10)2)16-8-12(3)13(7-15)9-16/h4-6,9H,3,8H2,1-2H3. The van der Waals surface area contributed by atoms with E-state index in [0.717, 1.165) is 11.3 Å². The molecule has 1 aromatic carbocycles. The van der Waals surface area contributed by atoms with E-state index in [4.69, 9.17) is 5.26 Å². The summed E-state index contributed by atoms with van der Waals surface area (Å²) >= 11 is 0. The normalized spacial score (nSPS) is 14.9. The minimum Gasteiger partial charge on any atom is -0.342 e. The Bertz CT molecular complexity index is 518. The predicted molar refractivity (Wildman–Crippen MR) is 66.1 cm³/mol. The molecule has 1 aliphatic heterocycles. The molecule has 1 aliphatic rings. The molecule has 0 radical (unpaired) electrons. The lowest BCUT2D eigenvalue weighted by Crippen LogP contribution is -2.13. The summed E-state index contributed by atoms with van der Waals surface area (Å²) in [7, 11) is 0. The first-order valence-corrected chi connectivity index (χ1v) is 5.26. The van der Waals surface area contributed by atoms with Gasteiger partial charge in [-0.1, -0.05) is 12.6 Å². The summed E-state index contributed by atoms with van der Waals surface area (Å²) in [4.78, 5) is 2.06. The zero-order chi connectivity index (χ0) is 11.7. The molecule has 0 N–H and O–H groups in total. The predicted octanol–water partition coefficient (Wildman–Crippen LogP) is 3.09. The van der Waals surface area contributed by atoms with Crippen LogP contribution in [-0.4, -0.2) is 6.54 Å². The van der Waals surface area contributed by atoms with Crippen LogP contribution in [-0.2, 0) is 0 Å². The Balaban J connectivity index is 2.34. The number of nitrogens with zero attached hydrogens (tertiary/aromatic N) is 2. The number of nitriles is 1.